The van der Waals surface area contributed by atoms with Crippen LogP contribution in [0.15, 0.2) is 22.7 Å². The van der Waals surface area contributed by atoms with Crippen molar-refractivity contribution in [3.8, 4) is 0 Å². The normalized spacial score (nSPS) is 12.4. The topological polar surface area (TPSA) is 75.4 Å². The van der Waals surface area contributed by atoms with Crippen molar-refractivity contribution >= 4 is 21.6 Å². The minimum Gasteiger partial charge on any atom is -0.396 e. The van der Waals surface area contributed by atoms with E-state index in [4.69, 9.17) is 5.11 Å². The zero-order valence-electron chi connectivity index (χ0n) is 10.9. The van der Waals surface area contributed by atoms with Crippen LogP contribution in [0.2, 0.25) is 0 Å². The highest BCUT2D eigenvalue weighted by molar-refractivity contribution is 9.10. The van der Waals surface area contributed by atoms with Crippen molar-refractivity contribution in [1.82, 2.24) is 5.32 Å². The second-order valence-corrected chi connectivity index (χ2v) is 5.36. The third-order valence-corrected chi connectivity index (χ3v) is 3.60. The summed E-state index contributed by atoms with van der Waals surface area (Å²) in [4.78, 5) is 10.6. The molecule has 0 aliphatic heterocycles. The minimum absolute atomic E-state index is 0.122. The number of rotatable bonds is 8. The van der Waals surface area contributed by atoms with Crippen LogP contribution in [-0.4, -0.2) is 23.2 Å². The first-order valence-corrected chi connectivity index (χ1v) is 7.12. The van der Waals surface area contributed by atoms with E-state index in [2.05, 4.69) is 28.2 Å². The Morgan fingerprint density at radius 1 is 1.53 bits per heavy atom. The van der Waals surface area contributed by atoms with Crippen molar-refractivity contribution in [2.45, 2.75) is 26.3 Å². The molecule has 19 heavy (non-hydrogen) atoms. The van der Waals surface area contributed by atoms with Crippen LogP contribution >= 0.6 is 15.9 Å². The molecule has 6 heteroatoms. The SMILES string of the molecule is CCC(CCO)CNCc1ccc(Br)cc1[N+](=O)[O-]. The highest BCUT2D eigenvalue weighted by atomic mass is 79.9. The molecule has 0 amide bonds. The van der Waals surface area contributed by atoms with Gasteiger partial charge in [0.15, 0.2) is 0 Å². The molecule has 1 unspecified atom stereocenters. The molecule has 1 aromatic rings. The number of nitro groups is 1. The Bertz CT molecular complexity index is 426. The average Bonchev–Trinajstić information content (AvgIpc) is 2.39. The average molecular weight is 331 g/mol. The van der Waals surface area contributed by atoms with E-state index < -0.39 is 0 Å². The molecule has 0 aliphatic carbocycles. The van der Waals surface area contributed by atoms with Crippen LogP contribution in [0.5, 0.6) is 0 Å². The van der Waals surface area contributed by atoms with Gasteiger partial charge >= 0.3 is 0 Å². The summed E-state index contributed by atoms with van der Waals surface area (Å²) in [6.45, 7) is 3.47. The summed E-state index contributed by atoms with van der Waals surface area (Å²) in [6, 6.07) is 5.07. The predicted octanol–water partition coefficient (Wildman–Crippen LogP) is 2.86. The van der Waals surface area contributed by atoms with Gasteiger partial charge in [-0.15, -0.1) is 0 Å². The predicted molar refractivity (Wildman–Crippen MR) is 78.0 cm³/mol. The molecule has 0 heterocycles. The molecule has 1 rings (SSSR count). The van der Waals surface area contributed by atoms with Crippen molar-refractivity contribution < 1.29 is 10.0 Å². The molecule has 0 aromatic heterocycles. The number of nitrogens with one attached hydrogen (secondary N) is 1. The Labute approximate surface area is 121 Å². The molecule has 0 spiro atoms. The van der Waals surface area contributed by atoms with Gasteiger partial charge in [0, 0.05) is 29.3 Å². The minimum atomic E-state index is -0.368. The maximum Gasteiger partial charge on any atom is 0.275 e. The second kappa shape index (κ2) is 8.24. The third-order valence-electron chi connectivity index (χ3n) is 3.11. The second-order valence-electron chi connectivity index (χ2n) is 4.45. The summed E-state index contributed by atoms with van der Waals surface area (Å²) in [5.74, 6) is 0.402. The van der Waals surface area contributed by atoms with Crippen molar-refractivity contribution in [3.05, 3.63) is 38.3 Å². The van der Waals surface area contributed by atoms with Gasteiger partial charge in [-0.3, -0.25) is 10.1 Å². The van der Waals surface area contributed by atoms with Gasteiger partial charge in [0.2, 0.25) is 0 Å². The van der Waals surface area contributed by atoms with Crippen molar-refractivity contribution in [2.75, 3.05) is 13.2 Å². The zero-order valence-corrected chi connectivity index (χ0v) is 12.5. The first-order valence-electron chi connectivity index (χ1n) is 6.32. The van der Waals surface area contributed by atoms with Crippen molar-refractivity contribution in [3.63, 3.8) is 0 Å². The monoisotopic (exact) mass is 330 g/mol. The molecule has 1 atom stereocenters. The highest BCUT2D eigenvalue weighted by Crippen LogP contribution is 2.23. The van der Waals surface area contributed by atoms with Gasteiger partial charge in [-0.2, -0.15) is 0 Å². The Hall–Kier alpha value is -0.980. The van der Waals surface area contributed by atoms with Gasteiger partial charge in [-0.25, -0.2) is 0 Å². The maximum absolute atomic E-state index is 11.0. The fourth-order valence-electron chi connectivity index (χ4n) is 1.90. The lowest BCUT2D eigenvalue weighted by atomic mass is 10.0. The molecule has 1 aromatic carbocycles. The summed E-state index contributed by atoms with van der Waals surface area (Å²) >= 11 is 3.24. The lowest BCUT2D eigenvalue weighted by molar-refractivity contribution is -0.385. The van der Waals surface area contributed by atoms with Gasteiger partial charge in [0.25, 0.3) is 5.69 Å². The molecular formula is C13H19BrN2O3. The molecule has 0 saturated carbocycles. The number of aliphatic hydroxyl groups excluding tert-OH is 1. The molecule has 2 N–H and O–H groups in total. The summed E-state index contributed by atoms with van der Waals surface area (Å²) in [6.07, 6.45) is 1.74. The molecule has 106 valence electrons. The van der Waals surface area contributed by atoms with Crippen LogP contribution < -0.4 is 5.32 Å². The van der Waals surface area contributed by atoms with Crippen LogP contribution in [0, 0.1) is 16.0 Å². The maximum atomic E-state index is 11.0. The first-order chi connectivity index (χ1) is 9.08. The number of hydrogen-bond donors (Lipinski definition) is 2. The molecule has 0 fully saturated rings. The molecule has 5 nitrogen and oxygen atoms in total. The molecule has 0 radical (unpaired) electrons. The van der Waals surface area contributed by atoms with Crippen LogP contribution in [0.25, 0.3) is 0 Å². The summed E-state index contributed by atoms with van der Waals surface area (Å²) in [5, 5.41) is 23.1. The van der Waals surface area contributed by atoms with Crippen LogP contribution in [0.3, 0.4) is 0 Å². The van der Waals surface area contributed by atoms with Gasteiger partial charge in [0.05, 0.1) is 4.92 Å². The van der Waals surface area contributed by atoms with E-state index in [-0.39, 0.29) is 17.2 Å². The number of aliphatic hydroxyl groups is 1. The van der Waals surface area contributed by atoms with E-state index in [9.17, 15) is 10.1 Å². The number of nitrogens with zero attached hydrogens (tertiary/aromatic N) is 1. The van der Waals surface area contributed by atoms with Gasteiger partial charge in [-0.05, 0) is 31.0 Å². The number of hydrogen-bond acceptors (Lipinski definition) is 4. The Kier molecular flexibility index (Phi) is 6.97. The van der Waals surface area contributed by atoms with Crippen LogP contribution in [-0.2, 0) is 6.54 Å². The smallest absolute Gasteiger partial charge is 0.275 e. The summed E-state index contributed by atoms with van der Waals surface area (Å²) in [5.41, 5.74) is 0.795. The van der Waals surface area contributed by atoms with Crippen LogP contribution in [0.4, 0.5) is 5.69 Å². The lowest BCUT2D eigenvalue weighted by Crippen LogP contribution is -2.23. The first kappa shape index (κ1) is 16.1. The fraction of sp³-hybridized carbons (Fsp3) is 0.538. The largest absolute Gasteiger partial charge is 0.396 e. The van der Waals surface area contributed by atoms with E-state index in [0.717, 1.165) is 19.4 Å². The third kappa shape index (κ3) is 5.26. The van der Waals surface area contributed by atoms with E-state index in [0.29, 0.717) is 22.5 Å². The Morgan fingerprint density at radius 3 is 2.84 bits per heavy atom. The van der Waals surface area contributed by atoms with Gasteiger partial charge < -0.3 is 10.4 Å². The summed E-state index contributed by atoms with van der Waals surface area (Å²) in [7, 11) is 0. The van der Waals surface area contributed by atoms with Gasteiger partial charge in [-0.1, -0.05) is 29.3 Å². The zero-order chi connectivity index (χ0) is 14.3. The fourth-order valence-corrected chi connectivity index (χ4v) is 2.25. The van der Waals surface area contributed by atoms with E-state index >= 15 is 0 Å². The Morgan fingerprint density at radius 2 is 2.26 bits per heavy atom. The molecule has 0 saturated heterocycles. The van der Waals surface area contributed by atoms with E-state index in [1.54, 1.807) is 12.1 Å². The highest BCUT2D eigenvalue weighted by Gasteiger charge is 2.14. The van der Waals surface area contributed by atoms with Crippen molar-refractivity contribution in [1.29, 1.82) is 0 Å². The number of halogens is 1. The van der Waals surface area contributed by atoms with Gasteiger partial charge in [0.1, 0.15) is 0 Å². The van der Waals surface area contributed by atoms with E-state index in [1.807, 2.05) is 0 Å². The molecule has 0 bridgehead atoms. The number of nitro benzene ring substituents is 1. The standard InChI is InChI=1S/C13H19BrN2O3/c1-2-10(5-6-17)8-15-9-11-3-4-12(14)7-13(11)16(18)19/h3-4,7,10,15,17H,2,5-6,8-9H2,1H3. The van der Waals surface area contributed by atoms with Crippen molar-refractivity contribution in [2.24, 2.45) is 5.92 Å². The summed E-state index contributed by atoms with van der Waals surface area (Å²) < 4.78 is 0.703. The molecular weight excluding hydrogens is 312 g/mol. The Balaban J connectivity index is 2.60. The van der Waals surface area contributed by atoms with E-state index in [1.165, 1.54) is 6.07 Å². The quantitative estimate of drug-likeness (QED) is 0.567. The lowest BCUT2D eigenvalue weighted by Gasteiger charge is -2.14. The number of benzene rings is 1. The van der Waals surface area contributed by atoms with Crippen LogP contribution in [0.1, 0.15) is 25.3 Å². The molecule has 0 aliphatic rings.